The SMILES string of the molecule is CC1(C)C(C(O)CC#N)C1(C)C. The highest BCUT2D eigenvalue weighted by atomic mass is 16.3. The minimum Gasteiger partial charge on any atom is -0.392 e. The Labute approximate surface area is 74.2 Å². The van der Waals surface area contributed by atoms with Crippen molar-refractivity contribution in [3.05, 3.63) is 0 Å². The molecule has 0 aromatic rings. The molecule has 0 amide bonds. The van der Waals surface area contributed by atoms with E-state index < -0.39 is 6.10 Å². The number of nitrogens with zero attached hydrogens (tertiary/aromatic N) is 1. The second-order valence-corrected chi connectivity index (χ2v) is 4.85. The van der Waals surface area contributed by atoms with Gasteiger partial charge in [0.05, 0.1) is 18.6 Å². The van der Waals surface area contributed by atoms with Crippen LogP contribution in [-0.2, 0) is 0 Å². The fourth-order valence-electron chi connectivity index (χ4n) is 2.42. The fraction of sp³-hybridized carbons (Fsp3) is 0.900. The zero-order valence-corrected chi connectivity index (χ0v) is 8.26. The van der Waals surface area contributed by atoms with Crippen LogP contribution in [0.4, 0.5) is 0 Å². The van der Waals surface area contributed by atoms with E-state index in [4.69, 9.17) is 5.26 Å². The summed E-state index contributed by atoms with van der Waals surface area (Å²) in [5.74, 6) is 0.282. The molecule has 68 valence electrons. The maximum absolute atomic E-state index is 9.64. The third kappa shape index (κ3) is 1.04. The lowest BCUT2D eigenvalue weighted by Crippen LogP contribution is -2.12. The van der Waals surface area contributed by atoms with E-state index in [1.807, 2.05) is 6.07 Å². The second kappa shape index (κ2) is 2.47. The standard InChI is InChI=1S/C10H17NO/c1-9(2)8(10(9,3)4)7(12)5-6-11/h7-8,12H,5H2,1-4H3. The van der Waals surface area contributed by atoms with Crippen LogP contribution in [0, 0.1) is 28.1 Å². The summed E-state index contributed by atoms with van der Waals surface area (Å²) < 4.78 is 0. The summed E-state index contributed by atoms with van der Waals surface area (Å²) in [7, 11) is 0. The molecule has 1 aliphatic carbocycles. The van der Waals surface area contributed by atoms with Crippen molar-refractivity contribution in [2.45, 2.75) is 40.2 Å². The lowest BCUT2D eigenvalue weighted by atomic mass is 10.0. The lowest BCUT2D eigenvalue weighted by molar-refractivity contribution is 0.134. The summed E-state index contributed by atoms with van der Waals surface area (Å²) >= 11 is 0. The van der Waals surface area contributed by atoms with Crippen LogP contribution in [0.15, 0.2) is 0 Å². The largest absolute Gasteiger partial charge is 0.392 e. The first-order valence-corrected chi connectivity index (χ1v) is 4.40. The molecule has 1 saturated carbocycles. The molecule has 0 bridgehead atoms. The topological polar surface area (TPSA) is 44.0 Å². The first-order chi connectivity index (χ1) is 5.35. The molecule has 0 saturated heterocycles. The summed E-state index contributed by atoms with van der Waals surface area (Å²) in [6.07, 6.45) is -0.183. The molecule has 1 N–H and O–H groups in total. The van der Waals surface area contributed by atoms with E-state index in [1.54, 1.807) is 0 Å². The quantitative estimate of drug-likeness (QED) is 0.683. The molecule has 0 heterocycles. The van der Waals surface area contributed by atoms with E-state index in [2.05, 4.69) is 27.7 Å². The van der Waals surface area contributed by atoms with Gasteiger partial charge in [-0.15, -0.1) is 0 Å². The van der Waals surface area contributed by atoms with Crippen molar-refractivity contribution in [1.29, 1.82) is 5.26 Å². The molecule has 12 heavy (non-hydrogen) atoms. The monoisotopic (exact) mass is 167 g/mol. The Morgan fingerprint density at radius 1 is 1.33 bits per heavy atom. The molecular weight excluding hydrogens is 150 g/mol. The molecule has 1 atom stereocenters. The molecule has 1 fully saturated rings. The predicted octanol–water partition coefficient (Wildman–Crippen LogP) is 1.94. The predicted molar refractivity (Wildman–Crippen MR) is 47.3 cm³/mol. The molecule has 0 radical (unpaired) electrons. The highest BCUT2D eigenvalue weighted by Crippen LogP contribution is 2.69. The van der Waals surface area contributed by atoms with Gasteiger partial charge in [-0.3, -0.25) is 0 Å². The number of aliphatic hydroxyl groups is 1. The van der Waals surface area contributed by atoms with Gasteiger partial charge in [0.1, 0.15) is 0 Å². The van der Waals surface area contributed by atoms with Crippen molar-refractivity contribution < 1.29 is 5.11 Å². The van der Waals surface area contributed by atoms with Gasteiger partial charge in [-0.1, -0.05) is 27.7 Å². The number of hydrogen-bond donors (Lipinski definition) is 1. The maximum Gasteiger partial charge on any atom is 0.0708 e. The van der Waals surface area contributed by atoms with E-state index >= 15 is 0 Å². The van der Waals surface area contributed by atoms with Gasteiger partial charge in [0, 0.05) is 0 Å². The van der Waals surface area contributed by atoms with E-state index in [0.717, 1.165) is 0 Å². The summed E-state index contributed by atoms with van der Waals surface area (Å²) in [5, 5.41) is 18.1. The normalized spacial score (nSPS) is 27.7. The van der Waals surface area contributed by atoms with Gasteiger partial charge in [0.2, 0.25) is 0 Å². The Hall–Kier alpha value is -0.550. The van der Waals surface area contributed by atoms with Crippen molar-refractivity contribution in [2.24, 2.45) is 16.7 Å². The van der Waals surface area contributed by atoms with Crippen molar-refractivity contribution in [3.63, 3.8) is 0 Å². The van der Waals surface area contributed by atoms with E-state index in [9.17, 15) is 5.11 Å². The van der Waals surface area contributed by atoms with Crippen LogP contribution < -0.4 is 0 Å². The Morgan fingerprint density at radius 2 is 1.75 bits per heavy atom. The summed E-state index contributed by atoms with van der Waals surface area (Å²) in [5.41, 5.74) is 0.368. The van der Waals surface area contributed by atoms with Crippen LogP contribution in [0.5, 0.6) is 0 Å². The van der Waals surface area contributed by atoms with Crippen molar-refractivity contribution in [3.8, 4) is 6.07 Å². The van der Waals surface area contributed by atoms with Gasteiger partial charge < -0.3 is 5.11 Å². The number of hydrogen-bond acceptors (Lipinski definition) is 2. The molecule has 0 spiro atoms. The average Bonchev–Trinajstić information content (AvgIpc) is 2.24. The van der Waals surface area contributed by atoms with Crippen LogP contribution in [0.25, 0.3) is 0 Å². The average molecular weight is 167 g/mol. The Balaban J connectivity index is 2.65. The molecule has 0 aliphatic heterocycles. The highest BCUT2D eigenvalue weighted by molar-refractivity contribution is 5.15. The van der Waals surface area contributed by atoms with Crippen molar-refractivity contribution >= 4 is 0 Å². The summed E-state index contributed by atoms with van der Waals surface area (Å²) in [6.45, 7) is 8.60. The van der Waals surface area contributed by atoms with Crippen molar-refractivity contribution in [2.75, 3.05) is 0 Å². The Morgan fingerprint density at radius 3 is 2.00 bits per heavy atom. The van der Waals surface area contributed by atoms with Crippen LogP contribution in [0.2, 0.25) is 0 Å². The minimum atomic E-state index is -0.444. The number of rotatable bonds is 2. The van der Waals surface area contributed by atoms with Gasteiger partial charge in [0.25, 0.3) is 0 Å². The second-order valence-electron chi connectivity index (χ2n) is 4.85. The smallest absolute Gasteiger partial charge is 0.0708 e. The number of nitriles is 1. The number of aliphatic hydroxyl groups excluding tert-OH is 1. The van der Waals surface area contributed by atoms with Crippen LogP contribution in [0.3, 0.4) is 0 Å². The molecule has 1 aliphatic rings. The van der Waals surface area contributed by atoms with E-state index in [0.29, 0.717) is 0 Å². The van der Waals surface area contributed by atoms with Gasteiger partial charge >= 0.3 is 0 Å². The van der Waals surface area contributed by atoms with E-state index in [1.165, 1.54) is 0 Å². The fourth-order valence-corrected chi connectivity index (χ4v) is 2.42. The van der Waals surface area contributed by atoms with Gasteiger partial charge in [0.15, 0.2) is 0 Å². The third-order valence-corrected chi connectivity index (χ3v) is 3.82. The summed E-state index contributed by atoms with van der Waals surface area (Å²) in [4.78, 5) is 0. The van der Waals surface area contributed by atoms with Gasteiger partial charge in [-0.2, -0.15) is 5.26 Å². The zero-order chi connectivity index (χ0) is 9.57. The Kier molecular flexibility index (Phi) is 1.96. The third-order valence-electron chi connectivity index (χ3n) is 3.82. The van der Waals surface area contributed by atoms with Crippen LogP contribution in [-0.4, -0.2) is 11.2 Å². The maximum atomic E-state index is 9.64. The molecule has 1 rings (SSSR count). The lowest BCUT2D eigenvalue weighted by Gasteiger charge is -2.06. The van der Waals surface area contributed by atoms with Gasteiger partial charge in [-0.05, 0) is 16.7 Å². The van der Waals surface area contributed by atoms with Gasteiger partial charge in [-0.25, -0.2) is 0 Å². The van der Waals surface area contributed by atoms with Crippen LogP contribution in [0.1, 0.15) is 34.1 Å². The molecule has 0 aromatic heterocycles. The first kappa shape index (κ1) is 9.54. The Bertz CT molecular complexity index is 210. The highest BCUT2D eigenvalue weighted by Gasteiger charge is 2.66. The van der Waals surface area contributed by atoms with E-state index in [-0.39, 0.29) is 23.2 Å². The zero-order valence-electron chi connectivity index (χ0n) is 8.26. The molecule has 1 unspecified atom stereocenters. The van der Waals surface area contributed by atoms with Crippen molar-refractivity contribution in [1.82, 2.24) is 0 Å². The van der Waals surface area contributed by atoms with Crippen LogP contribution >= 0.6 is 0 Å². The first-order valence-electron chi connectivity index (χ1n) is 4.40. The minimum absolute atomic E-state index is 0.184. The molecule has 0 aromatic carbocycles. The summed E-state index contributed by atoms with van der Waals surface area (Å²) in [6, 6.07) is 2.01. The molecular formula is C10H17NO. The molecule has 2 heteroatoms. The molecule has 2 nitrogen and oxygen atoms in total.